The van der Waals surface area contributed by atoms with E-state index in [1.807, 2.05) is 19.0 Å². The van der Waals surface area contributed by atoms with Crippen LogP contribution >= 0.6 is 0 Å². The largest absolute Gasteiger partial charge is 0.355 e. The van der Waals surface area contributed by atoms with Gasteiger partial charge in [0.25, 0.3) is 5.91 Å². The van der Waals surface area contributed by atoms with E-state index < -0.39 is 0 Å². The summed E-state index contributed by atoms with van der Waals surface area (Å²) in [5, 5.41) is 2.83. The molecule has 1 amide bonds. The number of amides is 1. The van der Waals surface area contributed by atoms with Crippen molar-refractivity contribution in [3.63, 3.8) is 0 Å². The van der Waals surface area contributed by atoms with Crippen LogP contribution < -0.4 is 10.2 Å². The lowest BCUT2D eigenvalue weighted by molar-refractivity contribution is 0.0945. The molecule has 0 atom stereocenters. The molecule has 110 valence electrons. The van der Waals surface area contributed by atoms with E-state index in [-0.39, 0.29) is 5.91 Å². The van der Waals surface area contributed by atoms with E-state index in [1.54, 1.807) is 12.4 Å². The first-order chi connectivity index (χ1) is 9.66. The Morgan fingerprint density at radius 1 is 1.25 bits per heavy atom. The van der Waals surface area contributed by atoms with Crippen molar-refractivity contribution in [2.75, 3.05) is 45.2 Å². The molecule has 1 N–H and O–H groups in total. The van der Waals surface area contributed by atoms with Gasteiger partial charge in [0.05, 0.1) is 12.4 Å². The molecule has 1 aromatic heterocycles. The third kappa shape index (κ3) is 4.16. The smallest absolute Gasteiger partial charge is 0.271 e. The zero-order chi connectivity index (χ0) is 14.4. The van der Waals surface area contributed by atoms with Gasteiger partial charge >= 0.3 is 0 Å². The van der Waals surface area contributed by atoms with E-state index in [0.29, 0.717) is 12.2 Å². The summed E-state index contributed by atoms with van der Waals surface area (Å²) in [4.78, 5) is 24.7. The second-order valence-electron chi connectivity index (χ2n) is 5.37. The molecule has 1 fully saturated rings. The quantitative estimate of drug-likeness (QED) is 0.861. The second kappa shape index (κ2) is 7.19. The Kier molecular flexibility index (Phi) is 5.29. The van der Waals surface area contributed by atoms with Crippen molar-refractivity contribution in [1.82, 2.24) is 20.2 Å². The molecule has 0 spiro atoms. The number of anilines is 1. The van der Waals surface area contributed by atoms with Gasteiger partial charge in [-0.15, -0.1) is 0 Å². The zero-order valence-electron chi connectivity index (χ0n) is 12.3. The molecule has 0 unspecified atom stereocenters. The summed E-state index contributed by atoms with van der Waals surface area (Å²) in [5.74, 6) is 0.707. The van der Waals surface area contributed by atoms with Crippen LogP contribution in [0.4, 0.5) is 5.82 Å². The third-order valence-corrected chi connectivity index (χ3v) is 3.40. The maximum absolute atomic E-state index is 11.9. The van der Waals surface area contributed by atoms with Gasteiger partial charge in [0.2, 0.25) is 0 Å². The Labute approximate surface area is 120 Å². The summed E-state index contributed by atoms with van der Waals surface area (Å²) in [6.45, 7) is 3.48. The molecular formula is C14H23N5O. The Balaban J connectivity index is 1.88. The highest BCUT2D eigenvalue weighted by atomic mass is 16.1. The van der Waals surface area contributed by atoms with Crippen molar-refractivity contribution in [2.24, 2.45) is 0 Å². The molecule has 0 aromatic carbocycles. The number of nitrogens with zero attached hydrogens (tertiary/aromatic N) is 4. The van der Waals surface area contributed by atoms with Crippen molar-refractivity contribution >= 4 is 11.7 Å². The van der Waals surface area contributed by atoms with Crippen LogP contribution in [0.1, 0.15) is 29.8 Å². The van der Waals surface area contributed by atoms with Crippen LogP contribution in [-0.2, 0) is 0 Å². The van der Waals surface area contributed by atoms with Crippen LogP contribution in [0.2, 0.25) is 0 Å². The number of nitrogens with one attached hydrogen (secondary N) is 1. The maximum atomic E-state index is 11.9. The van der Waals surface area contributed by atoms with Gasteiger partial charge in [0, 0.05) is 26.2 Å². The molecule has 1 saturated heterocycles. The topological polar surface area (TPSA) is 61.4 Å². The average Bonchev–Trinajstić information content (AvgIpc) is 2.48. The van der Waals surface area contributed by atoms with Gasteiger partial charge in [0.15, 0.2) is 0 Å². The van der Waals surface area contributed by atoms with E-state index in [4.69, 9.17) is 0 Å². The number of likely N-dealkylation sites (N-methyl/N-ethyl adjacent to an activating group) is 1. The Bertz CT molecular complexity index is 426. The molecule has 1 aliphatic heterocycles. The summed E-state index contributed by atoms with van der Waals surface area (Å²) in [5.41, 5.74) is 0.379. The minimum absolute atomic E-state index is 0.162. The predicted molar refractivity (Wildman–Crippen MR) is 79.0 cm³/mol. The SMILES string of the molecule is CN(C)CCNC(=O)c1cnc(N2CCCCC2)cn1. The zero-order valence-corrected chi connectivity index (χ0v) is 12.3. The predicted octanol–water partition coefficient (Wildman–Crippen LogP) is 0.758. The number of piperidine rings is 1. The number of rotatable bonds is 5. The third-order valence-electron chi connectivity index (χ3n) is 3.40. The van der Waals surface area contributed by atoms with E-state index in [2.05, 4.69) is 20.2 Å². The Morgan fingerprint density at radius 2 is 2.00 bits per heavy atom. The van der Waals surface area contributed by atoms with Gasteiger partial charge in [-0.2, -0.15) is 0 Å². The highest BCUT2D eigenvalue weighted by Crippen LogP contribution is 2.16. The van der Waals surface area contributed by atoms with Crippen LogP contribution in [0, 0.1) is 0 Å². The summed E-state index contributed by atoms with van der Waals surface area (Å²) < 4.78 is 0. The molecule has 20 heavy (non-hydrogen) atoms. The van der Waals surface area contributed by atoms with Crippen molar-refractivity contribution < 1.29 is 4.79 Å². The number of hydrogen-bond donors (Lipinski definition) is 1. The standard InChI is InChI=1S/C14H23N5O/c1-18(2)9-6-15-14(20)12-10-17-13(11-16-12)19-7-4-3-5-8-19/h10-11H,3-9H2,1-2H3,(H,15,20). The number of aromatic nitrogens is 2. The summed E-state index contributed by atoms with van der Waals surface area (Å²) in [6.07, 6.45) is 6.96. The molecule has 0 bridgehead atoms. The fourth-order valence-electron chi connectivity index (χ4n) is 2.21. The van der Waals surface area contributed by atoms with E-state index >= 15 is 0 Å². The Morgan fingerprint density at radius 3 is 2.60 bits per heavy atom. The molecule has 0 saturated carbocycles. The lowest BCUT2D eigenvalue weighted by Crippen LogP contribution is -2.32. The van der Waals surface area contributed by atoms with Crippen LogP contribution in [-0.4, -0.2) is 61.0 Å². The molecule has 0 radical (unpaired) electrons. The first-order valence-electron chi connectivity index (χ1n) is 7.17. The van der Waals surface area contributed by atoms with E-state index in [0.717, 1.165) is 25.5 Å². The summed E-state index contributed by atoms with van der Waals surface area (Å²) in [6, 6.07) is 0. The molecule has 2 rings (SSSR count). The van der Waals surface area contributed by atoms with Crippen molar-refractivity contribution in [3.8, 4) is 0 Å². The van der Waals surface area contributed by atoms with Gasteiger partial charge in [0.1, 0.15) is 11.5 Å². The van der Waals surface area contributed by atoms with Gasteiger partial charge in [-0.1, -0.05) is 0 Å². The minimum atomic E-state index is -0.162. The summed E-state index contributed by atoms with van der Waals surface area (Å²) in [7, 11) is 3.94. The lowest BCUT2D eigenvalue weighted by atomic mass is 10.1. The van der Waals surface area contributed by atoms with Crippen molar-refractivity contribution in [2.45, 2.75) is 19.3 Å². The summed E-state index contributed by atoms with van der Waals surface area (Å²) >= 11 is 0. The van der Waals surface area contributed by atoms with Gasteiger partial charge in [-0.05, 0) is 33.4 Å². The van der Waals surface area contributed by atoms with Crippen molar-refractivity contribution in [1.29, 1.82) is 0 Å². The second-order valence-corrected chi connectivity index (χ2v) is 5.37. The molecule has 1 aromatic rings. The van der Waals surface area contributed by atoms with Crippen molar-refractivity contribution in [3.05, 3.63) is 18.1 Å². The molecule has 2 heterocycles. The first kappa shape index (κ1) is 14.7. The number of carbonyl (C=O) groups excluding carboxylic acids is 1. The fourth-order valence-corrected chi connectivity index (χ4v) is 2.21. The Hall–Kier alpha value is -1.69. The fraction of sp³-hybridized carbons (Fsp3) is 0.643. The van der Waals surface area contributed by atoms with Crippen LogP contribution in [0.5, 0.6) is 0 Å². The van der Waals surface area contributed by atoms with Gasteiger partial charge in [-0.25, -0.2) is 9.97 Å². The van der Waals surface area contributed by atoms with Crippen LogP contribution in [0.15, 0.2) is 12.4 Å². The molecular weight excluding hydrogens is 254 g/mol. The number of hydrogen-bond acceptors (Lipinski definition) is 5. The molecule has 1 aliphatic rings. The first-order valence-corrected chi connectivity index (χ1v) is 7.17. The molecule has 6 nitrogen and oxygen atoms in total. The number of carbonyl (C=O) groups is 1. The highest BCUT2D eigenvalue weighted by molar-refractivity contribution is 5.91. The highest BCUT2D eigenvalue weighted by Gasteiger charge is 2.13. The normalized spacial score (nSPS) is 15.4. The van der Waals surface area contributed by atoms with Gasteiger partial charge < -0.3 is 15.1 Å². The minimum Gasteiger partial charge on any atom is -0.355 e. The van der Waals surface area contributed by atoms with Gasteiger partial charge in [-0.3, -0.25) is 4.79 Å². The van der Waals surface area contributed by atoms with Crippen LogP contribution in [0.3, 0.4) is 0 Å². The van der Waals surface area contributed by atoms with E-state index in [9.17, 15) is 4.79 Å². The monoisotopic (exact) mass is 277 g/mol. The molecule has 0 aliphatic carbocycles. The maximum Gasteiger partial charge on any atom is 0.271 e. The van der Waals surface area contributed by atoms with E-state index in [1.165, 1.54) is 19.3 Å². The van der Waals surface area contributed by atoms with Crippen LogP contribution in [0.25, 0.3) is 0 Å². The average molecular weight is 277 g/mol. The molecule has 6 heteroatoms. The lowest BCUT2D eigenvalue weighted by Gasteiger charge is -2.27.